The van der Waals surface area contributed by atoms with Gasteiger partial charge in [-0.15, -0.1) is 0 Å². The maximum atomic E-state index is 12.0. The molecule has 0 aromatic rings. The van der Waals surface area contributed by atoms with Gasteiger partial charge in [0.2, 0.25) is 0 Å². The summed E-state index contributed by atoms with van der Waals surface area (Å²) in [6.07, 6.45) is 0.225. The van der Waals surface area contributed by atoms with E-state index in [1.165, 1.54) is 0 Å². The first kappa shape index (κ1) is 10.7. The third-order valence-electron chi connectivity index (χ3n) is 2.07. The van der Waals surface area contributed by atoms with Crippen molar-refractivity contribution in [2.24, 2.45) is 0 Å². The van der Waals surface area contributed by atoms with Gasteiger partial charge in [-0.3, -0.25) is 0 Å². The summed E-state index contributed by atoms with van der Waals surface area (Å²) in [5.41, 5.74) is 0.282. The zero-order chi connectivity index (χ0) is 9.07. The molecule has 0 aliphatic rings. The molecule has 2 nitrogen and oxygen atoms in total. The normalized spacial score (nSPS) is 12.1. The van der Waals surface area contributed by atoms with E-state index in [4.69, 9.17) is 5.26 Å². The summed E-state index contributed by atoms with van der Waals surface area (Å²) < 4.78 is 12.0. The van der Waals surface area contributed by atoms with Gasteiger partial charge < -0.3 is 4.57 Å². The number of nitriles is 1. The summed E-state index contributed by atoms with van der Waals surface area (Å²) in [6.45, 7) is 7.71. The Balaban J connectivity index is 4.57. The third kappa shape index (κ3) is 2.34. The first-order chi connectivity index (χ1) is 4.95. The molecule has 0 aromatic heterocycles. The molecule has 0 aromatic carbocycles. The van der Waals surface area contributed by atoms with Crippen molar-refractivity contribution < 1.29 is 4.57 Å². The summed E-state index contributed by atoms with van der Waals surface area (Å²) in [7, 11) is -2.22. The molecule has 0 heterocycles. The molecular weight excluding hydrogens is 157 g/mol. The van der Waals surface area contributed by atoms with E-state index in [0.29, 0.717) is 0 Å². The van der Waals surface area contributed by atoms with Gasteiger partial charge in [0, 0.05) is 11.3 Å². The molecule has 0 amide bonds. The van der Waals surface area contributed by atoms with Crippen LogP contribution >= 0.6 is 7.14 Å². The standard InChI is InChI=1S/C8H16NOP/c1-7(2)11(10,6-5-9)8(3)4/h7-8H,6H2,1-4H3. The average molecular weight is 173 g/mol. The zero-order valence-electron chi connectivity index (χ0n) is 7.66. The Morgan fingerprint density at radius 3 is 1.73 bits per heavy atom. The van der Waals surface area contributed by atoms with Crippen molar-refractivity contribution in [1.82, 2.24) is 0 Å². The monoisotopic (exact) mass is 173 g/mol. The Kier molecular flexibility index (Phi) is 3.83. The van der Waals surface area contributed by atoms with Gasteiger partial charge in [0.15, 0.2) is 0 Å². The van der Waals surface area contributed by atoms with Gasteiger partial charge in [-0.05, 0) is 0 Å². The van der Waals surface area contributed by atoms with Crippen molar-refractivity contribution in [2.45, 2.75) is 39.0 Å². The lowest BCUT2D eigenvalue weighted by Crippen LogP contribution is -2.10. The van der Waals surface area contributed by atoms with Crippen LogP contribution in [0.4, 0.5) is 0 Å². The van der Waals surface area contributed by atoms with Crippen LogP contribution in [0.15, 0.2) is 0 Å². The van der Waals surface area contributed by atoms with Crippen LogP contribution in [0.1, 0.15) is 27.7 Å². The van der Waals surface area contributed by atoms with Gasteiger partial charge in [-0.1, -0.05) is 27.7 Å². The average Bonchev–Trinajstić information content (AvgIpc) is 1.87. The minimum atomic E-state index is -2.22. The third-order valence-corrected chi connectivity index (χ3v) is 6.20. The van der Waals surface area contributed by atoms with Crippen LogP contribution in [0.3, 0.4) is 0 Å². The molecule has 64 valence electrons. The Morgan fingerprint density at radius 2 is 1.64 bits per heavy atom. The topological polar surface area (TPSA) is 40.9 Å². The number of hydrogen-bond donors (Lipinski definition) is 0. The summed E-state index contributed by atoms with van der Waals surface area (Å²) in [5, 5.41) is 8.48. The molecule has 11 heavy (non-hydrogen) atoms. The van der Waals surface area contributed by atoms with Crippen molar-refractivity contribution in [1.29, 1.82) is 5.26 Å². The molecule has 0 aliphatic carbocycles. The van der Waals surface area contributed by atoms with Gasteiger partial charge in [-0.25, -0.2) is 0 Å². The SMILES string of the molecule is CC(C)P(=O)(CC#N)C(C)C. The molecule has 0 fully saturated rings. The smallest absolute Gasteiger partial charge is 0.106 e. The maximum absolute atomic E-state index is 12.0. The summed E-state index contributed by atoms with van der Waals surface area (Å²) in [6, 6.07) is 2.01. The molecule has 0 radical (unpaired) electrons. The fourth-order valence-corrected chi connectivity index (χ4v) is 3.22. The van der Waals surface area contributed by atoms with E-state index in [2.05, 4.69) is 0 Å². The summed E-state index contributed by atoms with van der Waals surface area (Å²) in [4.78, 5) is 0. The number of hydrogen-bond acceptors (Lipinski definition) is 2. The van der Waals surface area contributed by atoms with Crippen LogP contribution in [-0.2, 0) is 4.57 Å². The fourth-order valence-electron chi connectivity index (χ4n) is 1.07. The predicted molar refractivity (Wildman–Crippen MR) is 48.4 cm³/mol. The van der Waals surface area contributed by atoms with E-state index in [1.807, 2.05) is 33.8 Å². The van der Waals surface area contributed by atoms with Crippen molar-refractivity contribution in [3.63, 3.8) is 0 Å². The minimum absolute atomic E-state index is 0.141. The van der Waals surface area contributed by atoms with Gasteiger partial charge in [0.05, 0.1) is 12.2 Å². The highest BCUT2D eigenvalue weighted by atomic mass is 31.2. The second kappa shape index (κ2) is 3.93. The largest absolute Gasteiger partial charge is 0.322 e. The van der Waals surface area contributed by atoms with Crippen LogP contribution in [0.2, 0.25) is 0 Å². The molecule has 0 saturated heterocycles. The molecule has 0 bridgehead atoms. The second-order valence-corrected chi connectivity index (χ2v) is 7.45. The zero-order valence-corrected chi connectivity index (χ0v) is 8.56. The quantitative estimate of drug-likeness (QED) is 0.615. The highest BCUT2D eigenvalue weighted by molar-refractivity contribution is 7.65. The maximum Gasteiger partial charge on any atom is 0.106 e. The molecule has 0 N–H and O–H groups in total. The Hall–Kier alpha value is -0.280. The highest BCUT2D eigenvalue weighted by Crippen LogP contribution is 2.54. The van der Waals surface area contributed by atoms with Crippen molar-refractivity contribution in [3.8, 4) is 6.07 Å². The Labute approximate surface area is 69.0 Å². The molecule has 0 atom stereocenters. The Morgan fingerprint density at radius 1 is 1.27 bits per heavy atom. The molecule has 0 aliphatic heterocycles. The van der Waals surface area contributed by atoms with Crippen LogP contribution in [0, 0.1) is 11.3 Å². The van der Waals surface area contributed by atoms with Crippen LogP contribution < -0.4 is 0 Å². The van der Waals surface area contributed by atoms with E-state index in [9.17, 15) is 4.57 Å². The molecule has 3 heteroatoms. The molecular formula is C8H16NOP. The lowest BCUT2D eigenvalue weighted by atomic mass is 10.5. The predicted octanol–water partition coefficient (Wildman–Crippen LogP) is 2.69. The highest BCUT2D eigenvalue weighted by Gasteiger charge is 2.29. The molecule has 0 saturated carbocycles. The summed E-state index contributed by atoms with van der Waals surface area (Å²) >= 11 is 0. The van der Waals surface area contributed by atoms with Crippen LogP contribution in [0.5, 0.6) is 0 Å². The number of nitrogens with zero attached hydrogens (tertiary/aromatic N) is 1. The van der Waals surface area contributed by atoms with Gasteiger partial charge in [0.25, 0.3) is 0 Å². The van der Waals surface area contributed by atoms with Crippen molar-refractivity contribution >= 4 is 7.14 Å². The van der Waals surface area contributed by atoms with Gasteiger partial charge >= 0.3 is 0 Å². The van der Waals surface area contributed by atoms with E-state index >= 15 is 0 Å². The van der Waals surface area contributed by atoms with E-state index in [0.717, 1.165) is 0 Å². The lowest BCUT2D eigenvalue weighted by molar-refractivity contribution is 0.564. The van der Waals surface area contributed by atoms with Crippen LogP contribution in [-0.4, -0.2) is 17.5 Å². The van der Waals surface area contributed by atoms with E-state index in [1.54, 1.807) is 0 Å². The fraction of sp³-hybridized carbons (Fsp3) is 0.875. The second-order valence-electron chi connectivity index (χ2n) is 3.36. The minimum Gasteiger partial charge on any atom is -0.322 e. The first-order valence-corrected chi connectivity index (χ1v) is 5.93. The number of rotatable bonds is 3. The molecule has 0 unspecified atom stereocenters. The van der Waals surface area contributed by atoms with Crippen LogP contribution in [0.25, 0.3) is 0 Å². The first-order valence-electron chi connectivity index (χ1n) is 3.90. The van der Waals surface area contributed by atoms with Gasteiger partial charge in [-0.2, -0.15) is 5.26 Å². The molecule has 0 rings (SSSR count). The Bertz CT molecular complexity index is 191. The lowest BCUT2D eigenvalue weighted by Gasteiger charge is -2.22. The van der Waals surface area contributed by atoms with Gasteiger partial charge in [0.1, 0.15) is 7.14 Å². The molecule has 0 spiro atoms. The van der Waals surface area contributed by atoms with E-state index < -0.39 is 7.14 Å². The van der Waals surface area contributed by atoms with Crippen molar-refractivity contribution in [2.75, 3.05) is 6.16 Å². The van der Waals surface area contributed by atoms with E-state index in [-0.39, 0.29) is 17.5 Å². The van der Waals surface area contributed by atoms with Crippen molar-refractivity contribution in [3.05, 3.63) is 0 Å². The summed E-state index contributed by atoms with van der Waals surface area (Å²) in [5.74, 6) is 0.